The summed E-state index contributed by atoms with van der Waals surface area (Å²) >= 11 is 0. The van der Waals surface area contributed by atoms with Gasteiger partial charge in [0, 0.05) is 11.9 Å². The summed E-state index contributed by atoms with van der Waals surface area (Å²) in [5.74, 6) is 0. The number of hydrogen-bond donors (Lipinski definition) is 1. The van der Waals surface area contributed by atoms with E-state index < -0.39 is 0 Å². The van der Waals surface area contributed by atoms with E-state index in [-0.39, 0.29) is 0 Å². The molecule has 18 heavy (non-hydrogen) atoms. The zero-order valence-corrected chi connectivity index (χ0v) is 12.0. The predicted octanol–water partition coefficient (Wildman–Crippen LogP) is 5.95. The Morgan fingerprint density at radius 1 is 0.944 bits per heavy atom. The molecule has 1 rings (SSSR count). The van der Waals surface area contributed by atoms with Crippen LogP contribution in [0.5, 0.6) is 0 Å². The van der Waals surface area contributed by atoms with E-state index in [0.29, 0.717) is 0 Å². The minimum absolute atomic E-state index is 1.21. The smallest absolute Gasteiger partial charge is 0.0377 e. The van der Waals surface area contributed by atoms with Gasteiger partial charge in [0.2, 0.25) is 0 Å². The maximum Gasteiger partial charge on any atom is 0.0377 e. The number of allylic oxidation sites excluding steroid dienone is 1. The summed E-state index contributed by atoms with van der Waals surface area (Å²) in [6.07, 6.45) is 20.3. The molecular weight excluding hydrogens is 218 g/mol. The Morgan fingerprint density at radius 2 is 1.61 bits per heavy atom. The van der Waals surface area contributed by atoms with Gasteiger partial charge in [0.15, 0.2) is 0 Å². The van der Waals surface area contributed by atoms with Gasteiger partial charge >= 0.3 is 0 Å². The Labute approximate surface area is 113 Å². The average Bonchev–Trinajstić information content (AvgIpc) is 2.89. The molecular formula is C17H29N. The van der Waals surface area contributed by atoms with Crippen LogP contribution in [-0.4, -0.2) is 4.98 Å². The third kappa shape index (κ3) is 8.16. The second kappa shape index (κ2) is 11.1. The summed E-state index contributed by atoms with van der Waals surface area (Å²) in [6, 6.07) is 4.14. The van der Waals surface area contributed by atoms with Gasteiger partial charge in [-0.05, 0) is 31.1 Å². The molecule has 0 saturated heterocycles. The van der Waals surface area contributed by atoms with Crippen molar-refractivity contribution in [3.63, 3.8) is 0 Å². The Morgan fingerprint density at radius 3 is 2.22 bits per heavy atom. The van der Waals surface area contributed by atoms with Crippen LogP contribution in [0.1, 0.15) is 76.8 Å². The van der Waals surface area contributed by atoms with E-state index in [1.54, 1.807) is 0 Å². The summed E-state index contributed by atoms with van der Waals surface area (Å²) in [7, 11) is 0. The molecule has 1 N–H and O–H groups in total. The van der Waals surface area contributed by atoms with E-state index in [4.69, 9.17) is 0 Å². The van der Waals surface area contributed by atoms with Crippen LogP contribution in [0.15, 0.2) is 24.4 Å². The highest BCUT2D eigenvalue weighted by molar-refractivity contribution is 5.43. The predicted molar refractivity (Wildman–Crippen MR) is 81.7 cm³/mol. The highest BCUT2D eigenvalue weighted by Gasteiger charge is 1.91. The van der Waals surface area contributed by atoms with Crippen LogP contribution >= 0.6 is 0 Å². The SMILES string of the molecule is CCCCCCCCCCCC=Cc1ccc[nH]1. The molecule has 1 aromatic rings. The van der Waals surface area contributed by atoms with Crippen molar-refractivity contribution in [1.29, 1.82) is 0 Å². The van der Waals surface area contributed by atoms with E-state index in [9.17, 15) is 0 Å². The molecule has 0 aliphatic rings. The Kier molecular flexibility index (Phi) is 9.32. The number of rotatable bonds is 11. The quantitative estimate of drug-likeness (QED) is 0.465. The van der Waals surface area contributed by atoms with Crippen molar-refractivity contribution < 1.29 is 0 Å². The molecule has 0 atom stereocenters. The fourth-order valence-corrected chi connectivity index (χ4v) is 2.23. The zero-order valence-electron chi connectivity index (χ0n) is 12.0. The minimum Gasteiger partial charge on any atom is -0.362 e. The van der Waals surface area contributed by atoms with Crippen molar-refractivity contribution >= 4 is 6.08 Å². The summed E-state index contributed by atoms with van der Waals surface area (Å²) in [6.45, 7) is 2.28. The molecule has 0 bridgehead atoms. The first kappa shape index (κ1) is 15.1. The largest absolute Gasteiger partial charge is 0.362 e. The third-order valence-corrected chi connectivity index (χ3v) is 3.39. The van der Waals surface area contributed by atoms with Crippen LogP contribution in [0.25, 0.3) is 6.08 Å². The van der Waals surface area contributed by atoms with Crippen LogP contribution in [0.2, 0.25) is 0 Å². The minimum atomic E-state index is 1.21. The molecule has 0 radical (unpaired) electrons. The van der Waals surface area contributed by atoms with E-state index in [1.807, 2.05) is 12.3 Å². The molecule has 0 aromatic carbocycles. The van der Waals surface area contributed by atoms with Gasteiger partial charge in [-0.25, -0.2) is 0 Å². The van der Waals surface area contributed by atoms with Gasteiger partial charge in [-0.3, -0.25) is 0 Å². The molecule has 0 aliphatic heterocycles. The first-order chi connectivity index (χ1) is 8.93. The zero-order chi connectivity index (χ0) is 12.9. The number of hydrogen-bond acceptors (Lipinski definition) is 0. The van der Waals surface area contributed by atoms with Crippen LogP contribution in [0.4, 0.5) is 0 Å². The number of aromatic nitrogens is 1. The molecule has 1 nitrogen and oxygen atoms in total. The van der Waals surface area contributed by atoms with Crippen LogP contribution in [0, 0.1) is 0 Å². The number of H-pyrrole nitrogens is 1. The lowest BCUT2D eigenvalue weighted by molar-refractivity contribution is 0.566. The Balaban J connectivity index is 1.81. The van der Waals surface area contributed by atoms with Gasteiger partial charge in [0.1, 0.15) is 0 Å². The lowest BCUT2D eigenvalue weighted by Crippen LogP contribution is -1.80. The van der Waals surface area contributed by atoms with Gasteiger partial charge < -0.3 is 4.98 Å². The molecule has 0 amide bonds. The standard InChI is InChI=1S/C17H29N/c1-2-3-4-5-6-7-8-9-10-11-12-14-17-15-13-16-18-17/h12-16,18H,2-11H2,1H3. The van der Waals surface area contributed by atoms with Crippen LogP contribution in [0.3, 0.4) is 0 Å². The summed E-state index contributed by atoms with van der Waals surface area (Å²) in [5, 5.41) is 0. The van der Waals surface area contributed by atoms with Crippen molar-refractivity contribution in [3.05, 3.63) is 30.1 Å². The Bertz CT molecular complexity index is 285. The van der Waals surface area contributed by atoms with Crippen molar-refractivity contribution in [2.45, 2.75) is 71.1 Å². The van der Waals surface area contributed by atoms with Crippen molar-refractivity contribution in [1.82, 2.24) is 4.98 Å². The van der Waals surface area contributed by atoms with E-state index in [1.165, 1.54) is 69.9 Å². The number of nitrogens with one attached hydrogen (secondary N) is 1. The normalized spacial score (nSPS) is 11.4. The average molecular weight is 247 g/mol. The molecule has 0 aliphatic carbocycles. The van der Waals surface area contributed by atoms with Gasteiger partial charge in [-0.2, -0.15) is 0 Å². The molecule has 1 heterocycles. The molecule has 102 valence electrons. The van der Waals surface area contributed by atoms with E-state index >= 15 is 0 Å². The van der Waals surface area contributed by atoms with Crippen LogP contribution in [-0.2, 0) is 0 Å². The maximum atomic E-state index is 3.19. The summed E-state index contributed by atoms with van der Waals surface area (Å²) in [5.41, 5.74) is 1.21. The van der Waals surface area contributed by atoms with E-state index in [0.717, 1.165) is 0 Å². The molecule has 0 unspecified atom stereocenters. The van der Waals surface area contributed by atoms with Gasteiger partial charge in [-0.15, -0.1) is 0 Å². The second-order valence-electron chi connectivity index (χ2n) is 5.14. The van der Waals surface area contributed by atoms with Gasteiger partial charge in [0.25, 0.3) is 0 Å². The second-order valence-corrected chi connectivity index (χ2v) is 5.14. The lowest BCUT2D eigenvalue weighted by atomic mass is 10.1. The maximum absolute atomic E-state index is 3.19. The number of unbranched alkanes of at least 4 members (excludes halogenated alkanes) is 9. The van der Waals surface area contributed by atoms with Gasteiger partial charge in [-0.1, -0.05) is 64.4 Å². The fourth-order valence-electron chi connectivity index (χ4n) is 2.23. The van der Waals surface area contributed by atoms with Crippen molar-refractivity contribution in [2.24, 2.45) is 0 Å². The molecule has 1 heteroatoms. The number of aromatic amines is 1. The highest BCUT2D eigenvalue weighted by atomic mass is 14.7. The third-order valence-electron chi connectivity index (χ3n) is 3.39. The molecule has 0 saturated carbocycles. The topological polar surface area (TPSA) is 15.8 Å². The fraction of sp³-hybridized carbons (Fsp3) is 0.647. The molecule has 0 spiro atoms. The lowest BCUT2D eigenvalue weighted by Gasteiger charge is -2.00. The summed E-state index contributed by atoms with van der Waals surface area (Å²) in [4.78, 5) is 3.19. The first-order valence-corrected chi connectivity index (χ1v) is 7.73. The molecule has 1 aromatic heterocycles. The van der Waals surface area contributed by atoms with Crippen molar-refractivity contribution in [2.75, 3.05) is 0 Å². The monoisotopic (exact) mass is 247 g/mol. The molecule has 0 fully saturated rings. The Hall–Kier alpha value is -0.980. The van der Waals surface area contributed by atoms with Crippen molar-refractivity contribution in [3.8, 4) is 0 Å². The first-order valence-electron chi connectivity index (χ1n) is 7.73. The summed E-state index contributed by atoms with van der Waals surface area (Å²) < 4.78 is 0. The van der Waals surface area contributed by atoms with Crippen LogP contribution < -0.4 is 0 Å². The van der Waals surface area contributed by atoms with E-state index in [2.05, 4.69) is 30.1 Å². The van der Waals surface area contributed by atoms with Gasteiger partial charge in [0.05, 0.1) is 0 Å². The highest BCUT2D eigenvalue weighted by Crippen LogP contribution is 2.11.